The molecule has 1 amide bonds. The average molecular weight is 237 g/mol. The number of carbonyl (C=O) groups is 1. The van der Waals surface area contributed by atoms with Crippen molar-refractivity contribution < 1.29 is 9.90 Å². The lowest BCUT2D eigenvalue weighted by atomic mass is 9.90. The SMILES string of the molecule is CCC1(O)CN(C(=O)c2c(C)nn(C)c2C)C1. The highest BCUT2D eigenvalue weighted by atomic mass is 16.3. The normalized spacial score (nSPS) is 18.1. The zero-order chi connectivity index (χ0) is 12.8. The molecule has 0 radical (unpaired) electrons. The largest absolute Gasteiger partial charge is 0.386 e. The van der Waals surface area contributed by atoms with Crippen molar-refractivity contribution in [2.45, 2.75) is 32.8 Å². The van der Waals surface area contributed by atoms with Gasteiger partial charge in [0.2, 0.25) is 0 Å². The summed E-state index contributed by atoms with van der Waals surface area (Å²) in [5.74, 6) is -0.0220. The number of hydrogen-bond acceptors (Lipinski definition) is 3. The predicted molar refractivity (Wildman–Crippen MR) is 63.8 cm³/mol. The van der Waals surface area contributed by atoms with Crippen molar-refractivity contribution in [3.05, 3.63) is 17.0 Å². The summed E-state index contributed by atoms with van der Waals surface area (Å²) >= 11 is 0. The number of carbonyl (C=O) groups excluding carboxylic acids is 1. The van der Waals surface area contributed by atoms with Gasteiger partial charge in [-0.15, -0.1) is 0 Å². The number of likely N-dealkylation sites (tertiary alicyclic amines) is 1. The van der Waals surface area contributed by atoms with Crippen molar-refractivity contribution in [1.82, 2.24) is 14.7 Å². The zero-order valence-corrected chi connectivity index (χ0v) is 10.8. The van der Waals surface area contributed by atoms with E-state index in [4.69, 9.17) is 0 Å². The van der Waals surface area contributed by atoms with Crippen molar-refractivity contribution >= 4 is 5.91 Å². The van der Waals surface area contributed by atoms with Crippen molar-refractivity contribution in [2.24, 2.45) is 7.05 Å². The monoisotopic (exact) mass is 237 g/mol. The summed E-state index contributed by atoms with van der Waals surface area (Å²) in [6.45, 7) is 6.51. The van der Waals surface area contributed by atoms with Crippen LogP contribution in [0.4, 0.5) is 0 Å². The molecule has 5 heteroatoms. The minimum Gasteiger partial charge on any atom is -0.386 e. The fourth-order valence-electron chi connectivity index (χ4n) is 2.27. The van der Waals surface area contributed by atoms with Crippen LogP contribution in [-0.2, 0) is 7.05 Å². The standard InChI is InChI=1S/C12H19N3O2/c1-5-12(17)6-15(7-12)11(16)10-8(2)13-14(4)9(10)3/h17H,5-7H2,1-4H3. The second kappa shape index (κ2) is 3.84. The molecule has 0 spiro atoms. The second-order valence-corrected chi connectivity index (χ2v) is 4.91. The number of β-amino-alcohol motifs (C(OH)–C–C–N with tert-alkyl or cyclic N) is 1. The summed E-state index contributed by atoms with van der Waals surface area (Å²) in [7, 11) is 1.83. The highest BCUT2D eigenvalue weighted by Crippen LogP contribution is 2.27. The number of hydrogen-bond donors (Lipinski definition) is 1. The zero-order valence-electron chi connectivity index (χ0n) is 10.8. The molecule has 0 aromatic carbocycles. The summed E-state index contributed by atoms with van der Waals surface area (Å²) < 4.78 is 1.72. The van der Waals surface area contributed by atoms with Crippen molar-refractivity contribution in [3.63, 3.8) is 0 Å². The lowest BCUT2D eigenvalue weighted by molar-refractivity contribution is -0.0827. The van der Waals surface area contributed by atoms with Crippen LogP contribution in [0.3, 0.4) is 0 Å². The van der Waals surface area contributed by atoms with Crippen LogP contribution in [-0.4, -0.2) is 44.4 Å². The molecule has 2 heterocycles. The lowest BCUT2D eigenvalue weighted by Crippen LogP contribution is -2.63. The van der Waals surface area contributed by atoms with E-state index >= 15 is 0 Å². The molecule has 0 saturated carbocycles. The quantitative estimate of drug-likeness (QED) is 0.821. The van der Waals surface area contributed by atoms with E-state index in [0.717, 1.165) is 11.4 Å². The van der Waals surface area contributed by atoms with E-state index in [1.165, 1.54) is 0 Å². The molecule has 0 bridgehead atoms. The molecule has 1 fully saturated rings. The van der Waals surface area contributed by atoms with Gasteiger partial charge in [-0.1, -0.05) is 6.92 Å². The van der Waals surface area contributed by atoms with Gasteiger partial charge < -0.3 is 10.0 Å². The number of aliphatic hydroxyl groups is 1. The molecule has 1 aromatic heterocycles. The smallest absolute Gasteiger partial charge is 0.257 e. The maximum absolute atomic E-state index is 12.2. The van der Waals surface area contributed by atoms with E-state index in [2.05, 4.69) is 5.10 Å². The third-order valence-corrected chi connectivity index (χ3v) is 3.64. The maximum atomic E-state index is 12.2. The van der Waals surface area contributed by atoms with Crippen molar-refractivity contribution in [3.8, 4) is 0 Å². The van der Waals surface area contributed by atoms with E-state index in [-0.39, 0.29) is 5.91 Å². The first-order valence-electron chi connectivity index (χ1n) is 5.90. The van der Waals surface area contributed by atoms with Gasteiger partial charge in [0.05, 0.1) is 29.9 Å². The summed E-state index contributed by atoms with van der Waals surface area (Å²) in [4.78, 5) is 13.9. The van der Waals surface area contributed by atoms with Crippen LogP contribution < -0.4 is 0 Å². The van der Waals surface area contributed by atoms with Gasteiger partial charge in [-0.2, -0.15) is 5.10 Å². The Morgan fingerprint density at radius 3 is 2.47 bits per heavy atom. The number of rotatable bonds is 2. The topological polar surface area (TPSA) is 58.4 Å². The van der Waals surface area contributed by atoms with Crippen LogP contribution in [0.25, 0.3) is 0 Å². The Hall–Kier alpha value is -1.36. The first kappa shape index (κ1) is 12.1. The molecule has 1 saturated heterocycles. The number of amides is 1. The van der Waals surface area contributed by atoms with Gasteiger partial charge in [-0.05, 0) is 20.3 Å². The van der Waals surface area contributed by atoms with E-state index in [1.807, 2.05) is 27.8 Å². The third-order valence-electron chi connectivity index (χ3n) is 3.64. The minimum absolute atomic E-state index is 0.0220. The number of aryl methyl sites for hydroxylation is 2. The van der Waals surface area contributed by atoms with Gasteiger partial charge >= 0.3 is 0 Å². The van der Waals surface area contributed by atoms with Gasteiger partial charge in [-0.25, -0.2) is 0 Å². The highest BCUT2D eigenvalue weighted by molar-refractivity contribution is 5.97. The fourth-order valence-corrected chi connectivity index (χ4v) is 2.27. The van der Waals surface area contributed by atoms with Crippen LogP contribution in [0, 0.1) is 13.8 Å². The molecule has 0 atom stereocenters. The third kappa shape index (κ3) is 1.84. The number of aromatic nitrogens is 2. The first-order valence-corrected chi connectivity index (χ1v) is 5.90. The van der Waals surface area contributed by atoms with Gasteiger partial charge in [0.25, 0.3) is 5.91 Å². The van der Waals surface area contributed by atoms with Crippen LogP contribution in [0.1, 0.15) is 35.1 Å². The molecular formula is C12H19N3O2. The molecule has 1 aromatic rings. The van der Waals surface area contributed by atoms with Crippen molar-refractivity contribution in [2.75, 3.05) is 13.1 Å². The Morgan fingerprint density at radius 1 is 1.47 bits per heavy atom. The maximum Gasteiger partial charge on any atom is 0.257 e. The summed E-state index contributed by atoms with van der Waals surface area (Å²) in [6.07, 6.45) is 0.682. The summed E-state index contributed by atoms with van der Waals surface area (Å²) in [5, 5.41) is 14.1. The molecule has 0 aliphatic carbocycles. The van der Waals surface area contributed by atoms with Crippen LogP contribution >= 0.6 is 0 Å². The second-order valence-electron chi connectivity index (χ2n) is 4.91. The van der Waals surface area contributed by atoms with E-state index < -0.39 is 5.60 Å². The van der Waals surface area contributed by atoms with Gasteiger partial charge in [-0.3, -0.25) is 9.48 Å². The summed E-state index contributed by atoms with van der Waals surface area (Å²) in [5.41, 5.74) is 1.62. The van der Waals surface area contributed by atoms with Gasteiger partial charge in [0, 0.05) is 12.7 Å². The molecule has 0 unspecified atom stereocenters. The van der Waals surface area contributed by atoms with Crippen molar-refractivity contribution in [1.29, 1.82) is 0 Å². The summed E-state index contributed by atoms with van der Waals surface area (Å²) in [6, 6.07) is 0. The van der Waals surface area contributed by atoms with E-state index in [9.17, 15) is 9.90 Å². The molecule has 2 rings (SSSR count). The molecular weight excluding hydrogens is 218 g/mol. The molecule has 1 aliphatic heterocycles. The Balaban J connectivity index is 2.17. The Labute approximate surface area is 101 Å². The Kier molecular flexibility index (Phi) is 2.73. The first-order chi connectivity index (χ1) is 7.88. The number of nitrogens with zero attached hydrogens (tertiary/aromatic N) is 3. The van der Waals surface area contributed by atoms with Crippen LogP contribution in [0.15, 0.2) is 0 Å². The highest BCUT2D eigenvalue weighted by Gasteiger charge is 2.43. The molecule has 94 valence electrons. The van der Waals surface area contributed by atoms with Gasteiger partial charge in [0.1, 0.15) is 0 Å². The molecule has 1 aliphatic rings. The predicted octanol–water partition coefficient (Wildman–Crippen LogP) is 0.634. The Morgan fingerprint density at radius 2 is 2.06 bits per heavy atom. The fraction of sp³-hybridized carbons (Fsp3) is 0.667. The van der Waals surface area contributed by atoms with E-state index in [0.29, 0.717) is 25.1 Å². The van der Waals surface area contributed by atoms with E-state index in [1.54, 1.807) is 9.58 Å². The van der Waals surface area contributed by atoms with Gasteiger partial charge in [0.15, 0.2) is 0 Å². The van der Waals surface area contributed by atoms with Crippen LogP contribution in [0.2, 0.25) is 0 Å². The lowest BCUT2D eigenvalue weighted by Gasteiger charge is -2.46. The molecule has 17 heavy (non-hydrogen) atoms. The average Bonchev–Trinajstić information content (AvgIpc) is 2.48. The minimum atomic E-state index is -0.681. The molecule has 5 nitrogen and oxygen atoms in total. The Bertz CT molecular complexity index is 459. The molecule has 1 N–H and O–H groups in total. The van der Waals surface area contributed by atoms with Crippen LogP contribution in [0.5, 0.6) is 0 Å².